The van der Waals surface area contributed by atoms with Crippen LogP contribution in [-0.2, 0) is 4.79 Å². The van der Waals surface area contributed by atoms with E-state index in [-0.39, 0.29) is 12.5 Å². The van der Waals surface area contributed by atoms with E-state index in [1.54, 1.807) is 12.1 Å². The number of hydrogen-bond acceptors (Lipinski definition) is 3. The van der Waals surface area contributed by atoms with E-state index < -0.39 is 5.54 Å². The van der Waals surface area contributed by atoms with Gasteiger partial charge in [-0.15, -0.1) is 11.8 Å². The maximum atomic E-state index is 11.9. The molecule has 0 saturated carbocycles. The number of halogens is 1. The molecule has 0 bridgehead atoms. The average molecular weight is 302 g/mol. The normalized spacial score (nSPS) is 11.4. The van der Waals surface area contributed by atoms with E-state index in [0.29, 0.717) is 10.8 Å². The molecule has 3 nitrogen and oxygen atoms in total. The van der Waals surface area contributed by atoms with Crippen molar-refractivity contribution in [3.05, 3.63) is 29.3 Å². The molecule has 0 spiro atoms. The number of carbonyl (C=O) groups is 1. The van der Waals surface area contributed by atoms with E-state index >= 15 is 0 Å². The van der Waals surface area contributed by atoms with Crippen LogP contribution in [0.5, 0.6) is 0 Å². The highest BCUT2D eigenvalue weighted by molar-refractivity contribution is 8.00. The van der Waals surface area contributed by atoms with Crippen LogP contribution < -0.4 is 5.32 Å². The number of hydrogen-bond donors (Lipinski definition) is 2. The van der Waals surface area contributed by atoms with Gasteiger partial charge >= 0.3 is 0 Å². The number of aliphatic hydroxyl groups excluding tert-OH is 1. The van der Waals surface area contributed by atoms with Crippen molar-refractivity contribution in [2.45, 2.75) is 37.1 Å². The maximum absolute atomic E-state index is 11.9. The van der Waals surface area contributed by atoms with E-state index in [2.05, 4.69) is 5.32 Å². The Morgan fingerprint density at radius 3 is 2.37 bits per heavy atom. The van der Waals surface area contributed by atoms with Crippen LogP contribution in [0, 0.1) is 0 Å². The van der Waals surface area contributed by atoms with Crippen LogP contribution in [0.4, 0.5) is 0 Å². The Morgan fingerprint density at radius 1 is 1.32 bits per heavy atom. The van der Waals surface area contributed by atoms with Crippen molar-refractivity contribution >= 4 is 29.3 Å². The fraction of sp³-hybridized carbons (Fsp3) is 0.500. The molecule has 0 fully saturated rings. The maximum Gasteiger partial charge on any atom is 0.230 e. The van der Waals surface area contributed by atoms with Crippen molar-refractivity contribution < 1.29 is 9.90 Å². The van der Waals surface area contributed by atoms with Crippen molar-refractivity contribution in [1.82, 2.24) is 5.32 Å². The van der Waals surface area contributed by atoms with Gasteiger partial charge in [0.05, 0.1) is 17.9 Å². The molecule has 0 radical (unpaired) electrons. The number of carbonyl (C=O) groups excluding carboxylic acids is 1. The van der Waals surface area contributed by atoms with Crippen LogP contribution >= 0.6 is 23.4 Å². The lowest BCUT2D eigenvalue weighted by molar-refractivity contribution is -0.121. The summed E-state index contributed by atoms with van der Waals surface area (Å²) in [5.41, 5.74) is -0.488. The van der Waals surface area contributed by atoms with Gasteiger partial charge in [0.2, 0.25) is 5.91 Å². The zero-order chi connectivity index (χ0) is 14.3. The molecule has 0 unspecified atom stereocenters. The van der Waals surface area contributed by atoms with Crippen LogP contribution in [0.3, 0.4) is 0 Å². The summed E-state index contributed by atoms with van der Waals surface area (Å²) in [6, 6.07) is 7.38. The molecule has 2 N–H and O–H groups in total. The molecular weight excluding hydrogens is 282 g/mol. The lowest BCUT2D eigenvalue weighted by Crippen LogP contribution is -2.51. The summed E-state index contributed by atoms with van der Waals surface area (Å²) < 4.78 is 0. The van der Waals surface area contributed by atoms with Crippen LogP contribution in [0.2, 0.25) is 5.02 Å². The molecule has 19 heavy (non-hydrogen) atoms. The molecule has 0 aliphatic heterocycles. The smallest absolute Gasteiger partial charge is 0.230 e. The number of amides is 1. The first-order chi connectivity index (χ1) is 9.05. The summed E-state index contributed by atoms with van der Waals surface area (Å²) >= 11 is 7.26. The molecule has 0 heterocycles. The minimum Gasteiger partial charge on any atom is -0.394 e. The Balaban J connectivity index is 2.49. The summed E-state index contributed by atoms with van der Waals surface area (Å²) in [5, 5.41) is 13.0. The molecule has 106 valence electrons. The van der Waals surface area contributed by atoms with E-state index in [1.807, 2.05) is 26.0 Å². The molecule has 5 heteroatoms. The molecule has 0 aliphatic rings. The van der Waals surface area contributed by atoms with E-state index in [4.69, 9.17) is 11.6 Å². The standard InChI is InChI=1S/C14H20ClNO2S/c1-3-14(4-2,10-17)16-13(18)9-19-12-7-5-11(15)6-8-12/h5-8,17H,3-4,9-10H2,1-2H3,(H,16,18). The average Bonchev–Trinajstić information content (AvgIpc) is 2.44. The third kappa shape index (κ3) is 5.05. The summed E-state index contributed by atoms with van der Waals surface area (Å²) in [6.07, 6.45) is 1.44. The number of aliphatic hydroxyl groups is 1. The van der Waals surface area contributed by atoms with Gasteiger partial charge in [0.1, 0.15) is 0 Å². The van der Waals surface area contributed by atoms with E-state index in [0.717, 1.165) is 17.7 Å². The lowest BCUT2D eigenvalue weighted by atomic mass is 9.94. The van der Waals surface area contributed by atoms with E-state index in [9.17, 15) is 9.90 Å². The zero-order valence-corrected chi connectivity index (χ0v) is 12.9. The second kappa shape index (κ2) is 7.78. The third-order valence-electron chi connectivity index (χ3n) is 3.24. The Labute approximate surface area is 123 Å². The Morgan fingerprint density at radius 2 is 1.89 bits per heavy atom. The van der Waals surface area contributed by atoms with Crippen molar-refractivity contribution in [1.29, 1.82) is 0 Å². The van der Waals surface area contributed by atoms with Crippen LogP contribution in [-0.4, -0.2) is 28.9 Å². The van der Waals surface area contributed by atoms with Gasteiger partial charge in [0, 0.05) is 9.92 Å². The molecule has 1 amide bonds. The van der Waals surface area contributed by atoms with E-state index in [1.165, 1.54) is 11.8 Å². The summed E-state index contributed by atoms with van der Waals surface area (Å²) in [7, 11) is 0. The summed E-state index contributed by atoms with van der Waals surface area (Å²) in [6.45, 7) is 3.90. The highest BCUT2D eigenvalue weighted by Gasteiger charge is 2.26. The minimum absolute atomic E-state index is 0.0304. The molecule has 0 aliphatic carbocycles. The first kappa shape index (κ1) is 16.3. The van der Waals surface area contributed by atoms with Gasteiger partial charge < -0.3 is 10.4 Å². The molecule has 0 aromatic heterocycles. The fourth-order valence-electron chi connectivity index (χ4n) is 1.70. The number of nitrogens with one attached hydrogen (secondary N) is 1. The largest absolute Gasteiger partial charge is 0.394 e. The minimum atomic E-state index is -0.488. The summed E-state index contributed by atoms with van der Waals surface area (Å²) in [5.74, 6) is 0.279. The Hall–Kier alpha value is -0.710. The quantitative estimate of drug-likeness (QED) is 0.761. The van der Waals surface area contributed by atoms with Crippen molar-refractivity contribution in [2.75, 3.05) is 12.4 Å². The number of benzene rings is 1. The van der Waals surface area contributed by atoms with Gasteiger partial charge in [-0.05, 0) is 37.1 Å². The zero-order valence-electron chi connectivity index (χ0n) is 11.3. The van der Waals surface area contributed by atoms with Crippen LogP contribution in [0.1, 0.15) is 26.7 Å². The van der Waals surface area contributed by atoms with Gasteiger partial charge in [0.15, 0.2) is 0 Å². The molecule has 0 atom stereocenters. The van der Waals surface area contributed by atoms with Gasteiger partial charge in [-0.25, -0.2) is 0 Å². The van der Waals surface area contributed by atoms with Crippen molar-refractivity contribution in [3.63, 3.8) is 0 Å². The molecule has 0 saturated heterocycles. The highest BCUT2D eigenvalue weighted by atomic mass is 35.5. The topological polar surface area (TPSA) is 49.3 Å². The highest BCUT2D eigenvalue weighted by Crippen LogP contribution is 2.21. The SMILES string of the molecule is CCC(CC)(CO)NC(=O)CSc1ccc(Cl)cc1. The van der Waals surface area contributed by atoms with Gasteiger partial charge in [-0.2, -0.15) is 0 Å². The van der Waals surface area contributed by atoms with Crippen molar-refractivity contribution in [2.24, 2.45) is 0 Å². The predicted octanol–water partition coefficient (Wildman–Crippen LogP) is 3.10. The molecule has 1 aromatic rings. The summed E-state index contributed by atoms with van der Waals surface area (Å²) in [4.78, 5) is 12.9. The van der Waals surface area contributed by atoms with Gasteiger partial charge in [-0.3, -0.25) is 4.79 Å². The predicted molar refractivity (Wildman–Crippen MR) is 80.7 cm³/mol. The first-order valence-corrected chi connectivity index (χ1v) is 7.72. The van der Waals surface area contributed by atoms with Crippen molar-refractivity contribution in [3.8, 4) is 0 Å². The van der Waals surface area contributed by atoms with Crippen LogP contribution in [0.25, 0.3) is 0 Å². The Bertz CT molecular complexity index is 396. The molecular formula is C14H20ClNO2S. The van der Waals surface area contributed by atoms with Gasteiger partial charge in [0.25, 0.3) is 0 Å². The molecule has 1 rings (SSSR count). The van der Waals surface area contributed by atoms with Gasteiger partial charge in [-0.1, -0.05) is 25.4 Å². The molecule has 1 aromatic carbocycles. The monoisotopic (exact) mass is 301 g/mol. The first-order valence-electron chi connectivity index (χ1n) is 6.35. The van der Waals surface area contributed by atoms with Crippen LogP contribution in [0.15, 0.2) is 29.2 Å². The second-order valence-corrected chi connectivity index (χ2v) is 5.92. The number of rotatable bonds is 7. The fourth-order valence-corrected chi connectivity index (χ4v) is 2.53. The Kier molecular flexibility index (Phi) is 6.69. The third-order valence-corrected chi connectivity index (χ3v) is 4.51. The lowest BCUT2D eigenvalue weighted by Gasteiger charge is -2.30. The second-order valence-electron chi connectivity index (χ2n) is 4.44. The number of thioether (sulfide) groups is 1.